The van der Waals surface area contributed by atoms with Gasteiger partial charge in [0.25, 0.3) is 0 Å². The van der Waals surface area contributed by atoms with Crippen molar-refractivity contribution in [3.8, 4) is 11.1 Å². The molecule has 32 heavy (non-hydrogen) atoms. The summed E-state index contributed by atoms with van der Waals surface area (Å²) in [6.45, 7) is 3.87. The second kappa shape index (κ2) is 11.2. The van der Waals surface area contributed by atoms with E-state index in [2.05, 4.69) is 130 Å². The number of halogens is 1. The van der Waals surface area contributed by atoms with Gasteiger partial charge in [-0.2, -0.15) is 0 Å². The summed E-state index contributed by atoms with van der Waals surface area (Å²) in [7, 11) is 0. The molecule has 0 N–H and O–H groups in total. The highest BCUT2D eigenvalue weighted by molar-refractivity contribution is 9.10. The van der Waals surface area contributed by atoms with Crippen LogP contribution in [0.5, 0.6) is 0 Å². The number of thioether (sulfide) groups is 1. The lowest BCUT2D eigenvalue weighted by Gasteiger charge is -2.22. The van der Waals surface area contributed by atoms with Gasteiger partial charge in [0.15, 0.2) is 0 Å². The minimum absolute atomic E-state index is 0.871. The average molecular weight is 521 g/mol. The monoisotopic (exact) mass is 519 g/mol. The van der Waals surface area contributed by atoms with Crippen molar-refractivity contribution in [1.29, 1.82) is 0 Å². The fourth-order valence-corrected chi connectivity index (χ4v) is 5.41. The predicted octanol–water partition coefficient (Wildman–Crippen LogP) is 8.86. The molecule has 0 saturated carbocycles. The minimum atomic E-state index is 0.871. The molecular formula is C28H26BrNS2. The highest BCUT2D eigenvalue weighted by atomic mass is 79.9. The second-order valence-corrected chi connectivity index (χ2v) is 10.7. The molecule has 4 aromatic carbocycles. The van der Waals surface area contributed by atoms with Gasteiger partial charge in [-0.3, -0.25) is 0 Å². The van der Waals surface area contributed by atoms with Crippen LogP contribution in [0.25, 0.3) is 11.1 Å². The molecule has 4 heteroatoms. The third-order valence-electron chi connectivity index (χ3n) is 5.22. The standard InChI is InChI=1S/C28H26BrNS2/c1-21-9-15-27(16-10-21)32-30(20-23-5-3-7-26(29)17-23)19-22-11-13-24(14-12-22)25-6-4-8-28(18-25)31-2/h3-18H,19-20H2,1-2H3. The molecule has 0 fully saturated rings. The van der Waals surface area contributed by atoms with Crippen LogP contribution in [-0.2, 0) is 13.1 Å². The summed E-state index contributed by atoms with van der Waals surface area (Å²) in [5.41, 5.74) is 6.42. The Morgan fingerprint density at radius 2 is 1.41 bits per heavy atom. The summed E-state index contributed by atoms with van der Waals surface area (Å²) in [6, 6.07) is 35.0. The average Bonchev–Trinajstić information content (AvgIpc) is 2.81. The summed E-state index contributed by atoms with van der Waals surface area (Å²) in [6.07, 6.45) is 2.12. The molecule has 0 atom stereocenters. The lowest BCUT2D eigenvalue weighted by atomic mass is 10.0. The molecule has 0 amide bonds. The largest absolute Gasteiger partial charge is 0.238 e. The van der Waals surface area contributed by atoms with Crippen molar-refractivity contribution in [3.63, 3.8) is 0 Å². The topological polar surface area (TPSA) is 3.24 Å². The predicted molar refractivity (Wildman–Crippen MR) is 144 cm³/mol. The number of hydrogen-bond donors (Lipinski definition) is 0. The van der Waals surface area contributed by atoms with E-state index in [0.717, 1.165) is 17.6 Å². The van der Waals surface area contributed by atoms with Gasteiger partial charge in [0.1, 0.15) is 0 Å². The first-order valence-corrected chi connectivity index (χ1v) is 13.4. The molecule has 4 rings (SSSR count). The summed E-state index contributed by atoms with van der Waals surface area (Å²) >= 11 is 7.20. The number of rotatable bonds is 8. The highest BCUT2D eigenvalue weighted by Gasteiger charge is 2.11. The van der Waals surface area contributed by atoms with Crippen molar-refractivity contribution in [3.05, 3.63) is 118 Å². The van der Waals surface area contributed by atoms with Crippen molar-refractivity contribution >= 4 is 39.6 Å². The third-order valence-corrected chi connectivity index (χ3v) is 7.44. The smallest absolute Gasteiger partial charge is 0.0348 e. The summed E-state index contributed by atoms with van der Waals surface area (Å²) < 4.78 is 3.54. The Hall–Kier alpha value is -1.98. The fraction of sp³-hybridized carbons (Fsp3) is 0.143. The summed E-state index contributed by atoms with van der Waals surface area (Å²) in [5.74, 6) is 0. The van der Waals surface area contributed by atoms with Crippen molar-refractivity contribution in [2.24, 2.45) is 0 Å². The molecule has 0 aliphatic carbocycles. The third kappa shape index (κ3) is 6.52. The molecule has 0 spiro atoms. The molecule has 0 bridgehead atoms. The van der Waals surface area contributed by atoms with Crippen LogP contribution in [0.15, 0.2) is 111 Å². The molecule has 0 radical (unpaired) electrons. The van der Waals surface area contributed by atoms with E-state index in [0.29, 0.717) is 0 Å². The van der Waals surface area contributed by atoms with E-state index in [-0.39, 0.29) is 0 Å². The summed E-state index contributed by atoms with van der Waals surface area (Å²) in [5, 5.41) is 0. The van der Waals surface area contributed by atoms with Gasteiger partial charge in [-0.15, -0.1) is 11.8 Å². The number of aryl methyl sites for hydroxylation is 1. The Bertz CT molecular complexity index is 1160. The zero-order valence-corrected chi connectivity index (χ0v) is 21.5. The van der Waals surface area contributed by atoms with E-state index in [9.17, 15) is 0 Å². The molecule has 162 valence electrons. The summed E-state index contributed by atoms with van der Waals surface area (Å²) in [4.78, 5) is 2.55. The molecular weight excluding hydrogens is 494 g/mol. The van der Waals surface area contributed by atoms with E-state index < -0.39 is 0 Å². The Morgan fingerprint density at radius 3 is 2.12 bits per heavy atom. The van der Waals surface area contributed by atoms with Crippen molar-refractivity contribution in [2.75, 3.05) is 6.26 Å². The van der Waals surface area contributed by atoms with Gasteiger partial charge >= 0.3 is 0 Å². The van der Waals surface area contributed by atoms with Gasteiger partial charge in [0.2, 0.25) is 0 Å². The van der Waals surface area contributed by atoms with Gasteiger partial charge in [-0.25, -0.2) is 4.31 Å². The molecule has 0 saturated heterocycles. The van der Waals surface area contributed by atoms with Crippen molar-refractivity contribution < 1.29 is 0 Å². The first-order valence-electron chi connectivity index (χ1n) is 10.6. The van der Waals surface area contributed by atoms with Crippen LogP contribution in [0.4, 0.5) is 0 Å². The first kappa shape index (κ1) is 23.2. The maximum Gasteiger partial charge on any atom is 0.0348 e. The van der Waals surface area contributed by atoms with Crippen LogP contribution >= 0.6 is 39.6 Å². The van der Waals surface area contributed by atoms with Gasteiger partial charge in [-0.05, 0) is 83.8 Å². The zero-order valence-electron chi connectivity index (χ0n) is 18.3. The van der Waals surface area contributed by atoms with Gasteiger partial charge in [0, 0.05) is 27.4 Å². The lowest BCUT2D eigenvalue weighted by Crippen LogP contribution is -2.15. The van der Waals surface area contributed by atoms with Crippen LogP contribution in [-0.4, -0.2) is 10.6 Å². The van der Waals surface area contributed by atoms with Crippen LogP contribution in [0, 0.1) is 6.92 Å². The van der Waals surface area contributed by atoms with Crippen LogP contribution in [0.2, 0.25) is 0 Å². The Kier molecular flexibility index (Phi) is 8.15. The van der Waals surface area contributed by atoms with Gasteiger partial charge in [0.05, 0.1) is 0 Å². The van der Waals surface area contributed by atoms with Crippen LogP contribution < -0.4 is 0 Å². The van der Waals surface area contributed by atoms with E-state index in [1.807, 2.05) is 11.9 Å². The first-order chi connectivity index (χ1) is 15.6. The Morgan fingerprint density at radius 1 is 0.688 bits per heavy atom. The molecule has 4 aromatic rings. The lowest BCUT2D eigenvalue weighted by molar-refractivity contribution is 0.462. The number of hydrogen-bond acceptors (Lipinski definition) is 3. The minimum Gasteiger partial charge on any atom is -0.238 e. The molecule has 0 aromatic heterocycles. The Labute approximate surface area is 208 Å². The molecule has 0 heterocycles. The second-order valence-electron chi connectivity index (χ2n) is 7.76. The molecule has 1 nitrogen and oxygen atoms in total. The maximum absolute atomic E-state index is 3.61. The molecule has 0 aliphatic rings. The van der Waals surface area contributed by atoms with Crippen molar-refractivity contribution in [1.82, 2.24) is 4.31 Å². The normalized spacial score (nSPS) is 11.1. The SMILES string of the molecule is CSc1cccc(-c2ccc(CN(Cc3cccc(Br)c3)Sc3ccc(C)cc3)cc2)c1. The fourth-order valence-electron chi connectivity index (χ4n) is 3.52. The van der Waals surface area contributed by atoms with Crippen LogP contribution in [0.1, 0.15) is 16.7 Å². The van der Waals surface area contributed by atoms with Crippen LogP contribution in [0.3, 0.4) is 0 Å². The van der Waals surface area contributed by atoms with E-state index in [1.165, 1.54) is 37.6 Å². The zero-order chi connectivity index (χ0) is 22.3. The molecule has 0 unspecified atom stereocenters. The van der Waals surface area contributed by atoms with E-state index in [1.54, 1.807) is 11.8 Å². The number of nitrogens with zero attached hydrogens (tertiary/aromatic N) is 1. The quantitative estimate of drug-likeness (QED) is 0.169. The van der Waals surface area contributed by atoms with Crippen molar-refractivity contribution in [2.45, 2.75) is 29.8 Å². The Balaban J connectivity index is 1.53. The maximum atomic E-state index is 3.61. The highest BCUT2D eigenvalue weighted by Crippen LogP contribution is 2.29. The van der Waals surface area contributed by atoms with E-state index in [4.69, 9.17) is 0 Å². The van der Waals surface area contributed by atoms with Gasteiger partial charge in [-0.1, -0.05) is 82.2 Å². The van der Waals surface area contributed by atoms with E-state index >= 15 is 0 Å². The van der Waals surface area contributed by atoms with Gasteiger partial charge < -0.3 is 0 Å². The number of benzene rings is 4. The molecule has 0 aliphatic heterocycles.